The second kappa shape index (κ2) is 12.0. The van der Waals surface area contributed by atoms with E-state index in [1.54, 1.807) is 41.3 Å². The van der Waals surface area contributed by atoms with Crippen LogP contribution in [0.15, 0.2) is 59.5 Å². The minimum atomic E-state index is -0.327. The van der Waals surface area contributed by atoms with E-state index in [2.05, 4.69) is 5.32 Å². The monoisotopic (exact) mass is 566 g/mol. The van der Waals surface area contributed by atoms with Crippen LogP contribution in [0.1, 0.15) is 29.2 Å². The second-order valence-electron chi connectivity index (χ2n) is 8.75. The minimum absolute atomic E-state index is 0.168. The third-order valence-corrected chi connectivity index (χ3v) is 7.48. The number of rotatable bonds is 8. The van der Waals surface area contributed by atoms with Gasteiger partial charge in [0.05, 0.1) is 17.2 Å². The molecule has 0 aromatic heterocycles. The molecule has 0 radical (unpaired) electrons. The van der Waals surface area contributed by atoms with Crippen molar-refractivity contribution < 1.29 is 19.1 Å². The van der Waals surface area contributed by atoms with Gasteiger partial charge in [-0.1, -0.05) is 65.4 Å². The number of benzene rings is 3. The summed E-state index contributed by atoms with van der Waals surface area (Å²) in [6.07, 6.45) is 1.78. The maximum Gasteiger partial charge on any atom is 0.270 e. The van der Waals surface area contributed by atoms with Gasteiger partial charge in [-0.05, 0) is 80.8 Å². The molecule has 1 saturated heterocycles. The Labute approximate surface area is 237 Å². The number of ether oxygens (including phenoxy) is 2. The predicted octanol–water partition coefficient (Wildman–Crippen LogP) is 7.09. The second-order valence-corrected chi connectivity index (χ2v) is 10.8. The molecule has 0 bridgehead atoms. The molecule has 3 aromatic carbocycles. The number of carbonyl (C=O) groups excluding carboxylic acids is 2. The number of carbonyl (C=O) groups is 2. The molecule has 0 unspecified atom stereocenters. The molecule has 196 valence electrons. The van der Waals surface area contributed by atoms with E-state index in [1.807, 2.05) is 52.0 Å². The summed E-state index contributed by atoms with van der Waals surface area (Å²) in [5.74, 6) is 0.394. The van der Waals surface area contributed by atoms with Gasteiger partial charge in [0, 0.05) is 10.7 Å². The third-order valence-electron chi connectivity index (χ3n) is 5.77. The normalized spacial score (nSPS) is 14.2. The van der Waals surface area contributed by atoms with E-state index in [1.165, 1.54) is 11.8 Å². The molecule has 1 aliphatic heterocycles. The Hall–Kier alpha value is -3.33. The van der Waals surface area contributed by atoms with Gasteiger partial charge >= 0.3 is 0 Å². The van der Waals surface area contributed by atoms with Gasteiger partial charge in [0.15, 0.2) is 22.4 Å². The van der Waals surface area contributed by atoms with Gasteiger partial charge in [0.1, 0.15) is 0 Å². The Morgan fingerprint density at radius 3 is 2.53 bits per heavy atom. The van der Waals surface area contributed by atoms with Crippen molar-refractivity contribution in [1.29, 1.82) is 0 Å². The number of amides is 2. The van der Waals surface area contributed by atoms with E-state index in [0.717, 1.165) is 27.9 Å². The van der Waals surface area contributed by atoms with Crippen molar-refractivity contribution in [3.05, 3.63) is 86.8 Å². The zero-order valence-corrected chi connectivity index (χ0v) is 23.9. The third kappa shape index (κ3) is 6.38. The average Bonchev–Trinajstić information content (AvgIpc) is 3.13. The maximum atomic E-state index is 13.2. The highest BCUT2D eigenvalue weighted by Gasteiger charge is 2.34. The molecule has 0 atom stereocenters. The quantitative estimate of drug-likeness (QED) is 0.232. The number of anilines is 2. The van der Waals surface area contributed by atoms with Crippen LogP contribution >= 0.6 is 35.6 Å². The lowest BCUT2D eigenvalue weighted by Gasteiger charge is -2.17. The van der Waals surface area contributed by atoms with Crippen molar-refractivity contribution in [2.24, 2.45) is 0 Å². The summed E-state index contributed by atoms with van der Waals surface area (Å²) in [6.45, 7) is 7.93. The van der Waals surface area contributed by atoms with Crippen LogP contribution in [0.4, 0.5) is 11.4 Å². The average molecular weight is 567 g/mol. The van der Waals surface area contributed by atoms with Gasteiger partial charge in [-0.3, -0.25) is 14.5 Å². The number of hydrogen-bond acceptors (Lipinski definition) is 6. The highest BCUT2D eigenvalue weighted by atomic mass is 35.5. The van der Waals surface area contributed by atoms with Crippen molar-refractivity contribution in [3.8, 4) is 11.5 Å². The van der Waals surface area contributed by atoms with E-state index in [-0.39, 0.29) is 18.4 Å². The topological polar surface area (TPSA) is 67.9 Å². The molecule has 6 nitrogen and oxygen atoms in total. The number of nitrogens with zero attached hydrogens (tertiary/aromatic N) is 1. The van der Waals surface area contributed by atoms with E-state index >= 15 is 0 Å². The highest BCUT2D eigenvalue weighted by Crippen LogP contribution is 2.38. The summed E-state index contributed by atoms with van der Waals surface area (Å²) in [7, 11) is 0. The molecule has 1 fully saturated rings. The van der Waals surface area contributed by atoms with Crippen LogP contribution in [0, 0.1) is 20.8 Å². The van der Waals surface area contributed by atoms with Crippen molar-refractivity contribution in [1.82, 2.24) is 0 Å². The molecule has 3 aromatic rings. The fraction of sp³-hybridized carbons (Fsp3) is 0.207. The van der Waals surface area contributed by atoms with Crippen LogP contribution in [0.5, 0.6) is 11.5 Å². The van der Waals surface area contributed by atoms with Crippen molar-refractivity contribution >= 4 is 69.2 Å². The van der Waals surface area contributed by atoms with Crippen LogP contribution in [-0.2, 0) is 9.59 Å². The highest BCUT2D eigenvalue weighted by molar-refractivity contribution is 8.27. The first-order valence-corrected chi connectivity index (χ1v) is 13.6. The SMILES string of the molecule is CCOc1cc(/C=C2\SC(=S)N(c3ccc(C)cc3C)C2=O)ccc1OCC(=O)Nc1ccc(C)c(Cl)c1. The molecule has 9 heteroatoms. The Kier molecular flexibility index (Phi) is 8.76. The van der Waals surface area contributed by atoms with Crippen molar-refractivity contribution in [2.45, 2.75) is 27.7 Å². The minimum Gasteiger partial charge on any atom is -0.490 e. The van der Waals surface area contributed by atoms with E-state index < -0.39 is 0 Å². The lowest BCUT2D eigenvalue weighted by molar-refractivity contribution is -0.118. The first-order valence-electron chi connectivity index (χ1n) is 12.0. The van der Waals surface area contributed by atoms with Crippen LogP contribution in [-0.4, -0.2) is 29.3 Å². The molecule has 2 amide bonds. The Morgan fingerprint density at radius 2 is 1.82 bits per heavy atom. The Morgan fingerprint density at radius 1 is 1.03 bits per heavy atom. The summed E-state index contributed by atoms with van der Waals surface area (Å²) in [5.41, 5.74) is 5.15. The molecular weight excluding hydrogens is 540 g/mol. The van der Waals surface area contributed by atoms with Gasteiger partial charge in [0.2, 0.25) is 0 Å². The molecule has 0 aliphatic carbocycles. The molecule has 1 heterocycles. The Balaban J connectivity index is 1.48. The number of halogens is 1. The predicted molar refractivity (Wildman–Crippen MR) is 159 cm³/mol. The largest absolute Gasteiger partial charge is 0.490 e. The zero-order valence-electron chi connectivity index (χ0n) is 21.5. The first kappa shape index (κ1) is 27.7. The van der Waals surface area contributed by atoms with Gasteiger partial charge < -0.3 is 14.8 Å². The first-order chi connectivity index (χ1) is 18.2. The van der Waals surface area contributed by atoms with Gasteiger partial charge in [-0.15, -0.1) is 0 Å². The van der Waals surface area contributed by atoms with Gasteiger partial charge in [-0.2, -0.15) is 0 Å². The van der Waals surface area contributed by atoms with Crippen LogP contribution in [0.25, 0.3) is 6.08 Å². The summed E-state index contributed by atoms with van der Waals surface area (Å²) < 4.78 is 12.0. The number of aryl methyl sites for hydroxylation is 3. The van der Waals surface area contributed by atoms with Crippen LogP contribution < -0.4 is 19.7 Å². The molecular formula is C29H27ClN2O4S2. The van der Waals surface area contributed by atoms with Gasteiger partial charge in [-0.25, -0.2) is 0 Å². The van der Waals surface area contributed by atoms with Crippen molar-refractivity contribution in [2.75, 3.05) is 23.4 Å². The molecule has 4 rings (SSSR count). The number of nitrogens with one attached hydrogen (secondary N) is 1. The molecule has 0 saturated carbocycles. The maximum absolute atomic E-state index is 13.2. The zero-order chi connectivity index (χ0) is 27.4. The summed E-state index contributed by atoms with van der Waals surface area (Å²) in [4.78, 5) is 27.7. The standard InChI is InChI=1S/C29H27ClN2O4S2/c1-5-35-25-13-20(8-11-24(25)36-16-27(33)31-21-9-7-18(3)22(30)15-21)14-26-28(34)32(29(37)38-26)23-10-6-17(2)12-19(23)4/h6-15H,5,16H2,1-4H3,(H,31,33)/b26-14-. The van der Waals surface area contributed by atoms with Gasteiger partial charge in [0.25, 0.3) is 11.8 Å². The summed E-state index contributed by atoms with van der Waals surface area (Å²) >= 11 is 12.9. The Bertz CT molecular complexity index is 1450. The lowest BCUT2D eigenvalue weighted by Crippen LogP contribution is -2.28. The molecule has 38 heavy (non-hydrogen) atoms. The number of hydrogen-bond donors (Lipinski definition) is 1. The molecule has 0 spiro atoms. The number of thiocarbonyl (C=S) groups is 1. The smallest absolute Gasteiger partial charge is 0.270 e. The van der Waals surface area contributed by atoms with Crippen LogP contribution in [0.2, 0.25) is 5.02 Å². The summed E-state index contributed by atoms with van der Waals surface area (Å²) in [5, 5.41) is 3.34. The fourth-order valence-corrected chi connectivity index (χ4v) is 5.36. The van der Waals surface area contributed by atoms with E-state index in [4.69, 9.17) is 33.3 Å². The van der Waals surface area contributed by atoms with E-state index in [0.29, 0.717) is 38.0 Å². The van der Waals surface area contributed by atoms with E-state index in [9.17, 15) is 9.59 Å². The summed E-state index contributed by atoms with van der Waals surface area (Å²) in [6, 6.07) is 16.5. The van der Waals surface area contributed by atoms with Crippen molar-refractivity contribution in [3.63, 3.8) is 0 Å². The molecule has 1 aliphatic rings. The molecule has 1 N–H and O–H groups in total. The van der Waals surface area contributed by atoms with Crippen LogP contribution in [0.3, 0.4) is 0 Å². The number of thioether (sulfide) groups is 1. The fourth-order valence-electron chi connectivity index (χ4n) is 3.90. The lowest BCUT2D eigenvalue weighted by atomic mass is 10.1.